The average Bonchev–Trinajstić information content (AvgIpc) is 2.22. The summed E-state index contributed by atoms with van der Waals surface area (Å²) in [6.07, 6.45) is 1.29. The predicted molar refractivity (Wildman–Crippen MR) is 55.4 cm³/mol. The third-order valence-electron chi connectivity index (χ3n) is 1.92. The fraction of sp³-hybridized carbons (Fsp3) is 0.667. The lowest BCUT2D eigenvalue weighted by atomic mass is 10.1. The lowest BCUT2D eigenvalue weighted by molar-refractivity contribution is -0.138. The van der Waals surface area contributed by atoms with Gasteiger partial charge in [0.2, 0.25) is 0 Å². The number of nitrogens with zero attached hydrogens (tertiary/aromatic N) is 1. The molecule has 0 amide bonds. The Bertz CT molecular complexity index is 281. The third kappa shape index (κ3) is 6.07. The van der Waals surface area contributed by atoms with E-state index in [4.69, 9.17) is 15.9 Å². The average molecular weight is 234 g/mol. The van der Waals surface area contributed by atoms with Crippen molar-refractivity contribution in [1.29, 1.82) is 0 Å². The van der Waals surface area contributed by atoms with Crippen LogP contribution >= 0.6 is 0 Å². The van der Waals surface area contributed by atoms with Crippen LogP contribution in [0.15, 0.2) is 4.99 Å². The topological polar surface area (TPSA) is 113 Å². The fourth-order valence-corrected chi connectivity index (χ4v) is 0.981. The molecule has 0 fully saturated rings. The summed E-state index contributed by atoms with van der Waals surface area (Å²) in [4.78, 5) is 24.2. The first-order chi connectivity index (χ1) is 7.49. The molecule has 0 bridgehead atoms. The van der Waals surface area contributed by atoms with Crippen LogP contribution in [0.1, 0.15) is 19.3 Å². The Morgan fingerprint density at radius 1 is 1.31 bits per heavy atom. The van der Waals surface area contributed by atoms with Gasteiger partial charge in [0.1, 0.15) is 12.7 Å². The van der Waals surface area contributed by atoms with E-state index in [0.717, 1.165) is 0 Å². The predicted octanol–water partition coefficient (Wildman–Crippen LogP) is 0.0637. The summed E-state index contributed by atoms with van der Waals surface area (Å²) in [5.41, 5.74) is 4.73. The van der Waals surface area contributed by atoms with E-state index in [1.807, 2.05) is 0 Å². The SMILES string of the molecule is N[C@@H](CCCCN=C(CF)C(=O)O)C(=O)O. The molecule has 0 unspecified atom stereocenters. The van der Waals surface area contributed by atoms with Crippen LogP contribution in [0.25, 0.3) is 0 Å². The summed E-state index contributed by atoms with van der Waals surface area (Å²) in [7, 11) is 0. The van der Waals surface area contributed by atoms with Gasteiger partial charge in [0, 0.05) is 6.54 Å². The molecule has 0 radical (unpaired) electrons. The van der Waals surface area contributed by atoms with Gasteiger partial charge in [-0.05, 0) is 19.3 Å². The van der Waals surface area contributed by atoms with Gasteiger partial charge in [-0.1, -0.05) is 0 Å². The van der Waals surface area contributed by atoms with Crippen molar-refractivity contribution < 1.29 is 24.2 Å². The number of hydrogen-bond donors (Lipinski definition) is 3. The zero-order chi connectivity index (χ0) is 12.6. The Labute approximate surface area is 92.0 Å². The van der Waals surface area contributed by atoms with Gasteiger partial charge in [-0.25, -0.2) is 9.18 Å². The van der Waals surface area contributed by atoms with Crippen molar-refractivity contribution in [3.8, 4) is 0 Å². The number of hydrogen-bond acceptors (Lipinski definition) is 4. The van der Waals surface area contributed by atoms with Gasteiger partial charge in [0.25, 0.3) is 0 Å². The normalized spacial score (nSPS) is 13.5. The second-order valence-electron chi connectivity index (χ2n) is 3.21. The Kier molecular flexibility index (Phi) is 7.02. The molecule has 0 aliphatic heterocycles. The van der Waals surface area contributed by atoms with Crippen molar-refractivity contribution in [3.05, 3.63) is 0 Å². The Morgan fingerprint density at radius 3 is 2.38 bits per heavy atom. The number of halogens is 1. The van der Waals surface area contributed by atoms with Crippen LogP contribution in [0.5, 0.6) is 0 Å². The largest absolute Gasteiger partial charge is 0.480 e. The van der Waals surface area contributed by atoms with Crippen molar-refractivity contribution in [2.75, 3.05) is 13.2 Å². The van der Waals surface area contributed by atoms with Crippen LogP contribution in [0.4, 0.5) is 4.39 Å². The molecule has 0 heterocycles. The van der Waals surface area contributed by atoms with E-state index in [0.29, 0.717) is 19.3 Å². The minimum Gasteiger partial charge on any atom is -0.480 e. The number of carboxylic acid groups (broad SMARTS) is 2. The van der Waals surface area contributed by atoms with Crippen molar-refractivity contribution >= 4 is 17.7 Å². The molecule has 0 spiro atoms. The fourth-order valence-electron chi connectivity index (χ4n) is 0.981. The maximum Gasteiger partial charge on any atom is 0.352 e. The second-order valence-corrected chi connectivity index (χ2v) is 3.21. The van der Waals surface area contributed by atoms with Gasteiger partial charge in [-0.2, -0.15) is 0 Å². The molecule has 4 N–H and O–H groups in total. The van der Waals surface area contributed by atoms with E-state index >= 15 is 0 Å². The maximum atomic E-state index is 12.0. The van der Waals surface area contributed by atoms with Crippen molar-refractivity contribution in [3.63, 3.8) is 0 Å². The Morgan fingerprint density at radius 2 is 1.94 bits per heavy atom. The van der Waals surface area contributed by atoms with Crippen molar-refractivity contribution in [2.24, 2.45) is 10.7 Å². The number of unbranched alkanes of at least 4 members (excludes halogenated alkanes) is 1. The first-order valence-corrected chi connectivity index (χ1v) is 4.80. The number of aliphatic imine (C=N–C) groups is 1. The van der Waals surface area contributed by atoms with E-state index in [9.17, 15) is 14.0 Å². The number of carbonyl (C=O) groups is 2. The van der Waals surface area contributed by atoms with E-state index in [-0.39, 0.29) is 6.54 Å². The molecule has 0 aromatic carbocycles. The number of aliphatic carboxylic acids is 2. The van der Waals surface area contributed by atoms with E-state index in [2.05, 4.69) is 4.99 Å². The van der Waals surface area contributed by atoms with Gasteiger partial charge < -0.3 is 15.9 Å². The number of rotatable bonds is 8. The lowest BCUT2D eigenvalue weighted by Crippen LogP contribution is -2.29. The van der Waals surface area contributed by atoms with E-state index < -0.39 is 30.4 Å². The molecule has 0 saturated heterocycles. The molecule has 0 aromatic rings. The van der Waals surface area contributed by atoms with Crippen LogP contribution < -0.4 is 5.73 Å². The minimum atomic E-state index is -1.37. The molecule has 7 heteroatoms. The first-order valence-electron chi connectivity index (χ1n) is 4.80. The molecule has 0 saturated carbocycles. The van der Waals surface area contributed by atoms with E-state index in [1.54, 1.807) is 0 Å². The number of nitrogens with two attached hydrogens (primary N) is 1. The van der Waals surface area contributed by atoms with Crippen LogP contribution in [0.2, 0.25) is 0 Å². The summed E-state index contributed by atoms with van der Waals surface area (Å²) >= 11 is 0. The summed E-state index contributed by atoms with van der Waals surface area (Å²) in [5.74, 6) is -2.44. The molecule has 0 aromatic heterocycles. The molecule has 0 aliphatic carbocycles. The second kappa shape index (κ2) is 7.75. The molecular formula is C9H15FN2O4. The molecule has 6 nitrogen and oxygen atoms in total. The highest BCUT2D eigenvalue weighted by Gasteiger charge is 2.10. The zero-order valence-electron chi connectivity index (χ0n) is 8.73. The highest BCUT2D eigenvalue weighted by Crippen LogP contribution is 2.00. The lowest BCUT2D eigenvalue weighted by Gasteiger charge is -2.04. The van der Waals surface area contributed by atoms with Crippen LogP contribution in [0.3, 0.4) is 0 Å². The van der Waals surface area contributed by atoms with Crippen LogP contribution in [0, 0.1) is 0 Å². The van der Waals surface area contributed by atoms with Crippen LogP contribution in [-0.4, -0.2) is 47.1 Å². The van der Waals surface area contributed by atoms with Gasteiger partial charge in [-0.3, -0.25) is 9.79 Å². The monoisotopic (exact) mass is 234 g/mol. The highest BCUT2D eigenvalue weighted by atomic mass is 19.1. The van der Waals surface area contributed by atoms with Crippen LogP contribution in [-0.2, 0) is 9.59 Å². The molecular weight excluding hydrogens is 219 g/mol. The van der Waals surface area contributed by atoms with Gasteiger partial charge >= 0.3 is 11.9 Å². The Hall–Kier alpha value is -1.50. The number of alkyl halides is 1. The summed E-state index contributed by atoms with van der Waals surface area (Å²) in [5, 5.41) is 16.9. The third-order valence-corrected chi connectivity index (χ3v) is 1.92. The standard InChI is InChI=1S/C9H15FN2O4/c10-5-7(9(15)16)12-4-2-1-3-6(11)8(13)14/h6H,1-5,11H2,(H,13,14)(H,15,16)/t6-/m0/s1. The molecule has 92 valence electrons. The van der Waals surface area contributed by atoms with Crippen molar-refractivity contribution in [1.82, 2.24) is 0 Å². The molecule has 1 atom stereocenters. The van der Waals surface area contributed by atoms with Gasteiger partial charge in [0.15, 0.2) is 5.71 Å². The molecule has 0 rings (SSSR count). The van der Waals surface area contributed by atoms with Crippen molar-refractivity contribution in [2.45, 2.75) is 25.3 Å². The van der Waals surface area contributed by atoms with Gasteiger partial charge in [0.05, 0.1) is 0 Å². The summed E-state index contributed by atoms with van der Waals surface area (Å²) in [6.45, 7) is -0.943. The summed E-state index contributed by atoms with van der Waals surface area (Å²) in [6, 6.07) is -0.913. The smallest absolute Gasteiger partial charge is 0.352 e. The first kappa shape index (κ1) is 14.5. The molecule has 16 heavy (non-hydrogen) atoms. The maximum absolute atomic E-state index is 12.0. The Balaban J connectivity index is 3.75. The zero-order valence-corrected chi connectivity index (χ0v) is 8.73. The highest BCUT2D eigenvalue weighted by molar-refractivity contribution is 6.36. The van der Waals surface area contributed by atoms with E-state index in [1.165, 1.54) is 0 Å². The minimum absolute atomic E-state index is 0.165. The van der Waals surface area contributed by atoms with Gasteiger partial charge in [-0.15, -0.1) is 0 Å². The molecule has 0 aliphatic rings. The quantitative estimate of drug-likeness (QED) is 0.406. The summed E-state index contributed by atoms with van der Waals surface area (Å²) < 4.78 is 12.0. The number of carboxylic acids is 2.